The van der Waals surface area contributed by atoms with E-state index in [1.54, 1.807) is 6.92 Å². The summed E-state index contributed by atoms with van der Waals surface area (Å²) in [6.07, 6.45) is 0. The van der Waals surface area contributed by atoms with Crippen LogP contribution >= 0.6 is 11.8 Å². The summed E-state index contributed by atoms with van der Waals surface area (Å²) in [5.74, 6) is 0.0450. The van der Waals surface area contributed by atoms with E-state index in [-0.39, 0.29) is 23.6 Å². The molecule has 0 bridgehead atoms. The molecule has 0 aromatic heterocycles. The maximum atomic E-state index is 12.6. The van der Waals surface area contributed by atoms with E-state index < -0.39 is 0 Å². The lowest BCUT2D eigenvalue weighted by atomic mass is 10.3. The molecule has 1 atom stereocenters. The molecule has 1 aromatic rings. The fourth-order valence-electron chi connectivity index (χ4n) is 1.08. The number of carbonyl (C=O) groups excluding carboxylic acids is 1. The van der Waals surface area contributed by atoms with Gasteiger partial charge in [-0.15, -0.1) is 11.8 Å². The zero-order valence-corrected chi connectivity index (χ0v) is 9.76. The van der Waals surface area contributed by atoms with E-state index in [0.717, 1.165) is 0 Å². The van der Waals surface area contributed by atoms with E-state index in [0.29, 0.717) is 11.4 Å². The van der Waals surface area contributed by atoms with Gasteiger partial charge < -0.3 is 10.4 Å². The summed E-state index contributed by atoms with van der Waals surface area (Å²) < 4.78 is 12.6. The minimum Gasteiger partial charge on any atom is -0.396 e. The van der Waals surface area contributed by atoms with Crippen molar-refractivity contribution in [3.8, 4) is 0 Å². The second kappa shape index (κ2) is 6.50. The number of hydrogen-bond acceptors (Lipinski definition) is 3. The first kappa shape index (κ1) is 13.0. The van der Waals surface area contributed by atoms with E-state index in [2.05, 4.69) is 5.32 Å². The monoisotopic (exact) mass is 243 g/mol. The van der Waals surface area contributed by atoms with Crippen LogP contribution in [0, 0.1) is 5.82 Å². The van der Waals surface area contributed by atoms with E-state index in [4.69, 9.17) is 5.11 Å². The van der Waals surface area contributed by atoms with E-state index in [1.165, 1.54) is 36.0 Å². The lowest BCUT2D eigenvalue weighted by Gasteiger charge is -2.11. The van der Waals surface area contributed by atoms with Crippen LogP contribution in [0.1, 0.15) is 6.92 Å². The SMILES string of the molecule is CC(SCCO)C(=O)Nc1ccc(F)cc1. The van der Waals surface area contributed by atoms with Crippen molar-refractivity contribution < 1.29 is 14.3 Å². The molecule has 5 heteroatoms. The van der Waals surface area contributed by atoms with Gasteiger partial charge in [0.25, 0.3) is 0 Å². The maximum absolute atomic E-state index is 12.6. The Morgan fingerprint density at radius 3 is 2.69 bits per heavy atom. The number of carbonyl (C=O) groups is 1. The van der Waals surface area contributed by atoms with E-state index in [1.807, 2.05) is 0 Å². The molecular formula is C11H14FNO2S. The molecule has 1 amide bonds. The second-order valence-electron chi connectivity index (χ2n) is 3.23. The fourth-order valence-corrected chi connectivity index (χ4v) is 1.75. The molecule has 0 saturated heterocycles. The summed E-state index contributed by atoms with van der Waals surface area (Å²) in [6, 6.07) is 5.61. The molecule has 0 radical (unpaired) electrons. The lowest BCUT2D eigenvalue weighted by molar-refractivity contribution is -0.115. The Labute approximate surface area is 98.1 Å². The van der Waals surface area contributed by atoms with Gasteiger partial charge >= 0.3 is 0 Å². The van der Waals surface area contributed by atoms with Crippen LogP contribution in [0.25, 0.3) is 0 Å². The van der Waals surface area contributed by atoms with Gasteiger partial charge in [-0.1, -0.05) is 0 Å². The number of hydrogen-bond donors (Lipinski definition) is 2. The number of benzene rings is 1. The van der Waals surface area contributed by atoms with Crippen LogP contribution in [0.4, 0.5) is 10.1 Å². The Kier molecular flexibility index (Phi) is 5.28. The topological polar surface area (TPSA) is 49.3 Å². The molecule has 0 aliphatic carbocycles. The van der Waals surface area contributed by atoms with Crippen molar-refractivity contribution in [2.75, 3.05) is 17.7 Å². The molecule has 16 heavy (non-hydrogen) atoms. The molecule has 0 spiro atoms. The van der Waals surface area contributed by atoms with Gasteiger partial charge in [-0.05, 0) is 31.2 Å². The molecule has 1 aromatic carbocycles. The number of aliphatic hydroxyl groups excluding tert-OH is 1. The summed E-state index contributed by atoms with van der Waals surface area (Å²) in [7, 11) is 0. The van der Waals surface area contributed by atoms with Crippen LogP contribution in [0.5, 0.6) is 0 Å². The average molecular weight is 243 g/mol. The summed E-state index contributed by atoms with van der Waals surface area (Å²) in [6.45, 7) is 1.82. The first-order valence-corrected chi connectivity index (χ1v) is 5.97. The molecule has 0 fully saturated rings. The molecule has 0 saturated carbocycles. The van der Waals surface area contributed by atoms with Crippen molar-refractivity contribution in [3.05, 3.63) is 30.1 Å². The normalized spacial score (nSPS) is 12.2. The third-order valence-corrected chi connectivity index (χ3v) is 3.07. The number of thioether (sulfide) groups is 1. The number of anilines is 1. The first-order chi connectivity index (χ1) is 7.63. The Bertz CT molecular complexity index is 342. The molecular weight excluding hydrogens is 229 g/mol. The van der Waals surface area contributed by atoms with Crippen LogP contribution in [-0.4, -0.2) is 28.6 Å². The Hall–Kier alpha value is -1.07. The first-order valence-electron chi connectivity index (χ1n) is 4.92. The van der Waals surface area contributed by atoms with Crippen LogP contribution in [-0.2, 0) is 4.79 Å². The number of rotatable bonds is 5. The van der Waals surface area contributed by atoms with Crippen molar-refractivity contribution in [1.29, 1.82) is 0 Å². The molecule has 1 rings (SSSR count). The smallest absolute Gasteiger partial charge is 0.237 e. The standard InChI is InChI=1S/C11H14FNO2S/c1-8(16-7-6-14)11(15)13-10-4-2-9(12)3-5-10/h2-5,8,14H,6-7H2,1H3,(H,13,15). The maximum Gasteiger partial charge on any atom is 0.237 e. The zero-order valence-electron chi connectivity index (χ0n) is 8.94. The van der Waals surface area contributed by atoms with Crippen LogP contribution < -0.4 is 5.32 Å². The third kappa shape index (κ3) is 4.20. The van der Waals surface area contributed by atoms with Crippen LogP contribution in [0.3, 0.4) is 0 Å². The Morgan fingerprint density at radius 1 is 1.50 bits per heavy atom. The van der Waals surface area contributed by atoms with Crippen molar-refractivity contribution in [2.45, 2.75) is 12.2 Å². The van der Waals surface area contributed by atoms with E-state index in [9.17, 15) is 9.18 Å². The highest BCUT2D eigenvalue weighted by atomic mass is 32.2. The predicted octanol–water partition coefficient (Wildman–Crippen LogP) is 1.88. The largest absolute Gasteiger partial charge is 0.396 e. The third-order valence-electron chi connectivity index (χ3n) is 1.94. The van der Waals surface area contributed by atoms with Crippen LogP contribution in [0.15, 0.2) is 24.3 Å². The predicted molar refractivity (Wildman–Crippen MR) is 64.0 cm³/mol. The fraction of sp³-hybridized carbons (Fsp3) is 0.364. The molecule has 0 aliphatic heterocycles. The van der Waals surface area contributed by atoms with Gasteiger partial charge in [0.15, 0.2) is 0 Å². The number of halogens is 1. The Balaban J connectivity index is 2.47. The highest BCUT2D eigenvalue weighted by molar-refractivity contribution is 8.00. The highest BCUT2D eigenvalue weighted by Gasteiger charge is 2.12. The molecule has 0 aliphatic rings. The summed E-state index contributed by atoms with van der Waals surface area (Å²) in [5, 5.41) is 11.1. The lowest BCUT2D eigenvalue weighted by Crippen LogP contribution is -2.23. The zero-order chi connectivity index (χ0) is 12.0. The van der Waals surface area contributed by atoms with Crippen LogP contribution in [0.2, 0.25) is 0 Å². The van der Waals surface area contributed by atoms with Crippen molar-refractivity contribution >= 4 is 23.4 Å². The van der Waals surface area contributed by atoms with Gasteiger partial charge in [0.05, 0.1) is 11.9 Å². The minimum atomic E-state index is -0.333. The molecule has 2 N–H and O–H groups in total. The molecule has 1 unspecified atom stereocenters. The van der Waals surface area contributed by atoms with Gasteiger partial charge in [-0.25, -0.2) is 4.39 Å². The average Bonchev–Trinajstić information content (AvgIpc) is 2.29. The number of nitrogens with one attached hydrogen (secondary N) is 1. The second-order valence-corrected chi connectivity index (χ2v) is 4.68. The van der Waals surface area contributed by atoms with Gasteiger partial charge in [-0.2, -0.15) is 0 Å². The summed E-state index contributed by atoms with van der Waals surface area (Å²) >= 11 is 1.37. The molecule has 3 nitrogen and oxygen atoms in total. The Morgan fingerprint density at radius 2 is 2.12 bits per heavy atom. The van der Waals surface area contributed by atoms with Gasteiger partial charge in [-0.3, -0.25) is 4.79 Å². The quantitative estimate of drug-likeness (QED) is 0.830. The number of amides is 1. The molecule has 88 valence electrons. The number of aliphatic hydroxyl groups is 1. The highest BCUT2D eigenvalue weighted by Crippen LogP contribution is 2.14. The summed E-state index contributed by atoms with van der Waals surface area (Å²) in [5.41, 5.74) is 0.572. The van der Waals surface area contributed by atoms with Crippen molar-refractivity contribution in [3.63, 3.8) is 0 Å². The van der Waals surface area contributed by atoms with Crippen molar-refractivity contribution in [2.24, 2.45) is 0 Å². The van der Waals surface area contributed by atoms with Gasteiger partial charge in [0, 0.05) is 11.4 Å². The van der Waals surface area contributed by atoms with Gasteiger partial charge in [0.1, 0.15) is 5.82 Å². The summed E-state index contributed by atoms with van der Waals surface area (Å²) in [4.78, 5) is 11.6. The van der Waals surface area contributed by atoms with Gasteiger partial charge in [0.2, 0.25) is 5.91 Å². The minimum absolute atomic E-state index is 0.0544. The van der Waals surface area contributed by atoms with E-state index >= 15 is 0 Å². The van der Waals surface area contributed by atoms with Crippen molar-refractivity contribution in [1.82, 2.24) is 0 Å². The molecule has 0 heterocycles.